The number of ether oxygens (including phenoxy) is 1. The van der Waals surface area contributed by atoms with Crippen LogP contribution in [0.1, 0.15) is 32.6 Å². The molecule has 1 spiro atoms. The van der Waals surface area contributed by atoms with Crippen molar-refractivity contribution >= 4 is 35.0 Å². The minimum absolute atomic E-state index is 0.125. The number of amides is 3. The third-order valence-electron chi connectivity index (χ3n) is 8.23. The zero-order valence-corrected chi connectivity index (χ0v) is 22.3. The maximum atomic E-state index is 14.4. The summed E-state index contributed by atoms with van der Waals surface area (Å²) in [6.45, 7) is 10.2. The number of carbonyl (C=O) groups excluding carboxylic acids is 3. The lowest BCUT2D eigenvalue weighted by atomic mass is 9.64. The molecule has 1 aromatic rings. The minimum atomic E-state index is -1.12. The standard InChI is InChI=1S/C28H36ClN3O5/c1-5-15-30(4)24(34)21-22-25(35)32(17-8-18-33)23(28(22)14-13-27(21,7-3)37-28)26(36)31(16-6-2)20-11-9-19(29)10-12-20/h5-6,9-12,21-23,33H,1-2,7-8,13-18H2,3-4H3/t21-,22-,23?,27+,28?/m0/s1. The summed E-state index contributed by atoms with van der Waals surface area (Å²) >= 11 is 6.09. The molecule has 3 aliphatic heterocycles. The molecule has 2 bridgehead atoms. The number of rotatable bonds is 11. The summed E-state index contributed by atoms with van der Waals surface area (Å²) in [6.07, 6.45) is 5.24. The molecule has 3 amide bonds. The van der Waals surface area contributed by atoms with Gasteiger partial charge in [0.1, 0.15) is 11.6 Å². The highest BCUT2D eigenvalue weighted by molar-refractivity contribution is 6.30. The number of likely N-dealkylation sites (tertiary alicyclic amines) is 1. The van der Waals surface area contributed by atoms with Gasteiger partial charge in [0.15, 0.2) is 0 Å². The number of aliphatic hydroxyl groups excluding tert-OH is 1. The number of likely N-dealkylation sites (N-methyl/N-ethyl adjacent to an activating group) is 1. The SMILES string of the molecule is C=CCN(C)C(=O)[C@@H]1[C@H]2C(=O)N(CCCO)C(C(=O)N(CC=C)c3ccc(Cl)cc3)C23CC[C@@]1(CC)O3. The van der Waals surface area contributed by atoms with E-state index in [4.69, 9.17) is 16.3 Å². The molecule has 2 unspecified atom stereocenters. The van der Waals surface area contributed by atoms with Crippen LogP contribution in [-0.2, 0) is 19.1 Å². The molecule has 3 heterocycles. The fraction of sp³-hybridized carbons (Fsp3) is 0.536. The minimum Gasteiger partial charge on any atom is -0.396 e. The van der Waals surface area contributed by atoms with Gasteiger partial charge in [-0.1, -0.05) is 30.7 Å². The van der Waals surface area contributed by atoms with E-state index in [0.29, 0.717) is 42.9 Å². The van der Waals surface area contributed by atoms with Crippen LogP contribution in [0, 0.1) is 11.8 Å². The Balaban J connectivity index is 1.81. The fourth-order valence-electron chi connectivity index (χ4n) is 6.60. The van der Waals surface area contributed by atoms with Gasteiger partial charge in [-0.3, -0.25) is 14.4 Å². The Labute approximate surface area is 223 Å². The monoisotopic (exact) mass is 529 g/mol. The molecule has 37 heavy (non-hydrogen) atoms. The number of halogens is 1. The number of hydrogen-bond donors (Lipinski definition) is 1. The van der Waals surface area contributed by atoms with Gasteiger partial charge in [0.05, 0.1) is 17.4 Å². The van der Waals surface area contributed by atoms with Crippen molar-refractivity contribution in [2.75, 3.05) is 38.2 Å². The predicted molar refractivity (Wildman–Crippen MR) is 142 cm³/mol. The van der Waals surface area contributed by atoms with Gasteiger partial charge >= 0.3 is 0 Å². The van der Waals surface area contributed by atoms with Gasteiger partial charge in [-0.05, 0) is 49.9 Å². The third-order valence-corrected chi connectivity index (χ3v) is 8.49. The quantitative estimate of drug-likeness (QED) is 0.445. The second kappa shape index (κ2) is 10.6. The number of fused-ring (bicyclic) bond motifs is 1. The molecule has 0 saturated carbocycles. The normalized spacial score (nSPS) is 29.8. The maximum absolute atomic E-state index is 14.4. The van der Waals surface area contributed by atoms with Crippen molar-refractivity contribution in [2.24, 2.45) is 11.8 Å². The highest BCUT2D eigenvalue weighted by Gasteiger charge is 2.78. The van der Waals surface area contributed by atoms with Crippen molar-refractivity contribution in [3.05, 3.63) is 54.6 Å². The molecule has 1 aromatic carbocycles. The lowest BCUT2D eigenvalue weighted by Crippen LogP contribution is -2.56. The molecule has 200 valence electrons. The van der Waals surface area contributed by atoms with Gasteiger partial charge in [0, 0.05) is 44.0 Å². The van der Waals surface area contributed by atoms with Crippen LogP contribution in [-0.4, -0.2) is 83.2 Å². The first-order chi connectivity index (χ1) is 17.7. The summed E-state index contributed by atoms with van der Waals surface area (Å²) in [5, 5.41) is 10.1. The van der Waals surface area contributed by atoms with Gasteiger partial charge in [-0.2, -0.15) is 0 Å². The van der Waals surface area contributed by atoms with E-state index in [-0.39, 0.29) is 37.4 Å². The maximum Gasteiger partial charge on any atom is 0.253 e. The van der Waals surface area contributed by atoms with E-state index >= 15 is 0 Å². The highest BCUT2D eigenvalue weighted by atomic mass is 35.5. The van der Waals surface area contributed by atoms with Crippen molar-refractivity contribution in [3.63, 3.8) is 0 Å². The van der Waals surface area contributed by atoms with E-state index in [1.165, 1.54) is 4.90 Å². The lowest BCUT2D eigenvalue weighted by molar-refractivity contribution is -0.150. The van der Waals surface area contributed by atoms with Crippen LogP contribution in [0.2, 0.25) is 5.02 Å². The van der Waals surface area contributed by atoms with Crippen LogP contribution in [0.15, 0.2) is 49.6 Å². The Bertz CT molecular complexity index is 1080. The molecule has 0 aliphatic carbocycles. The summed E-state index contributed by atoms with van der Waals surface area (Å²) in [5.41, 5.74) is -1.31. The van der Waals surface area contributed by atoms with Crippen molar-refractivity contribution in [3.8, 4) is 0 Å². The number of carbonyl (C=O) groups is 3. The predicted octanol–water partition coefficient (Wildman–Crippen LogP) is 3.04. The van der Waals surface area contributed by atoms with Crippen LogP contribution in [0.3, 0.4) is 0 Å². The zero-order valence-electron chi connectivity index (χ0n) is 21.6. The number of aliphatic hydroxyl groups is 1. The number of benzene rings is 1. The first-order valence-electron chi connectivity index (χ1n) is 12.9. The van der Waals surface area contributed by atoms with Crippen molar-refractivity contribution < 1.29 is 24.2 Å². The highest BCUT2D eigenvalue weighted by Crippen LogP contribution is 2.64. The van der Waals surface area contributed by atoms with Gasteiger partial charge < -0.3 is 24.5 Å². The summed E-state index contributed by atoms with van der Waals surface area (Å²) in [6, 6.07) is 6.00. The number of hydrogen-bond acceptors (Lipinski definition) is 5. The molecule has 4 rings (SSSR count). The Morgan fingerprint density at radius 3 is 2.46 bits per heavy atom. The smallest absolute Gasteiger partial charge is 0.253 e. The molecule has 0 radical (unpaired) electrons. The average Bonchev–Trinajstić information content (AvgIpc) is 3.49. The Hall–Kier alpha value is -2.68. The van der Waals surface area contributed by atoms with Crippen LogP contribution in [0.4, 0.5) is 5.69 Å². The zero-order chi connectivity index (χ0) is 27.0. The molecule has 9 heteroatoms. The summed E-state index contributed by atoms with van der Waals surface area (Å²) < 4.78 is 6.79. The average molecular weight is 530 g/mol. The Kier molecular flexibility index (Phi) is 7.83. The van der Waals surface area contributed by atoms with Crippen molar-refractivity contribution in [1.82, 2.24) is 9.80 Å². The third kappa shape index (κ3) is 4.29. The molecular weight excluding hydrogens is 494 g/mol. The lowest BCUT2D eigenvalue weighted by Gasteiger charge is -2.37. The second-order valence-electron chi connectivity index (χ2n) is 10.2. The summed E-state index contributed by atoms with van der Waals surface area (Å²) in [4.78, 5) is 46.9. The van der Waals surface area contributed by atoms with Crippen molar-refractivity contribution in [1.29, 1.82) is 0 Å². The van der Waals surface area contributed by atoms with Gasteiger partial charge in [-0.15, -0.1) is 13.2 Å². The molecular formula is C28H36ClN3O5. The van der Waals surface area contributed by atoms with E-state index < -0.39 is 29.1 Å². The topological polar surface area (TPSA) is 90.4 Å². The summed E-state index contributed by atoms with van der Waals surface area (Å²) in [7, 11) is 1.70. The van der Waals surface area contributed by atoms with Gasteiger partial charge in [0.25, 0.3) is 5.91 Å². The van der Waals surface area contributed by atoms with Gasteiger partial charge in [0.2, 0.25) is 11.8 Å². The Morgan fingerprint density at radius 2 is 1.86 bits per heavy atom. The van der Waals surface area contributed by atoms with Crippen LogP contribution >= 0.6 is 11.6 Å². The van der Waals surface area contributed by atoms with Gasteiger partial charge in [-0.25, -0.2) is 0 Å². The molecule has 5 atom stereocenters. The van der Waals surface area contributed by atoms with Crippen LogP contribution in [0.5, 0.6) is 0 Å². The first-order valence-corrected chi connectivity index (χ1v) is 13.2. The first kappa shape index (κ1) is 27.4. The van der Waals surface area contributed by atoms with E-state index in [0.717, 1.165) is 0 Å². The molecule has 0 aromatic heterocycles. The molecule has 3 saturated heterocycles. The van der Waals surface area contributed by atoms with E-state index in [9.17, 15) is 19.5 Å². The van der Waals surface area contributed by atoms with Crippen molar-refractivity contribution in [2.45, 2.75) is 49.9 Å². The van der Waals surface area contributed by atoms with Crippen LogP contribution < -0.4 is 4.90 Å². The van der Waals surface area contributed by atoms with E-state index in [2.05, 4.69) is 13.2 Å². The molecule has 8 nitrogen and oxygen atoms in total. The molecule has 1 N–H and O–H groups in total. The molecule has 3 fully saturated rings. The summed E-state index contributed by atoms with van der Waals surface area (Å²) in [5.74, 6) is -2.19. The molecule has 3 aliphatic rings. The van der Waals surface area contributed by atoms with E-state index in [1.54, 1.807) is 53.3 Å². The second-order valence-corrected chi connectivity index (χ2v) is 10.6. The number of nitrogens with zero attached hydrogens (tertiary/aromatic N) is 3. The Morgan fingerprint density at radius 1 is 1.19 bits per heavy atom. The fourth-order valence-corrected chi connectivity index (χ4v) is 6.72. The van der Waals surface area contributed by atoms with Crippen LogP contribution in [0.25, 0.3) is 0 Å². The van der Waals surface area contributed by atoms with E-state index in [1.807, 2.05) is 6.92 Å². The number of anilines is 1. The largest absolute Gasteiger partial charge is 0.396 e.